The molecule has 2 aromatic carbocycles. The number of aryl methyl sites for hydroxylation is 1. The Bertz CT molecular complexity index is 1140. The topological polar surface area (TPSA) is 77.8 Å². The number of carbonyl (C=O) groups excluding carboxylic acids is 1. The van der Waals surface area contributed by atoms with Gasteiger partial charge in [-0.1, -0.05) is 23.2 Å². The summed E-state index contributed by atoms with van der Waals surface area (Å²) >= 11 is 12.5. The molecule has 0 radical (unpaired) electrons. The van der Waals surface area contributed by atoms with E-state index >= 15 is 0 Å². The Kier molecular flexibility index (Phi) is 5.98. The van der Waals surface area contributed by atoms with Crippen molar-refractivity contribution in [3.63, 3.8) is 0 Å². The molecule has 2 N–H and O–H groups in total. The van der Waals surface area contributed by atoms with Crippen LogP contribution >= 0.6 is 23.2 Å². The first-order chi connectivity index (χ1) is 14.9. The van der Waals surface area contributed by atoms with E-state index in [1.54, 1.807) is 12.1 Å². The molecule has 2 heterocycles. The molecule has 1 aromatic heterocycles. The van der Waals surface area contributed by atoms with Crippen molar-refractivity contribution in [2.45, 2.75) is 13.5 Å². The van der Waals surface area contributed by atoms with Crippen LogP contribution in [0.3, 0.4) is 0 Å². The Morgan fingerprint density at radius 3 is 2.32 bits per heavy atom. The quantitative estimate of drug-likeness (QED) is 0.572. The summed E-state index contributed by atoms with van der Waals surface area (Å²) in [5, 5.41) is 13.7. The van der Waals surface area contributed by atoms with Crippen molar-refractivity contribution in [3.05, 3.63) is 58.2 Å². The van der Waals surface area contributed by atoms with Gasteiger partial charge in [-0.25, -0.2) is 4.79 Å². The minimum Gasteiger partial charge on any atom is -0.465 e. The molecule has 0 aliphatic carbocycles. The van der Waals surface area contributed by atoms with Gasteiger partial charge in [0.2, 0.25) is 0 Å². The zero-order chi connectivity index (χ0) is 22.1. The van der Waals surface area contributed by atoms with E-state index in [-0.39, 0.29) is 5.91 Å². The van der Waals surface area contributed by atoms with Crippen LogP contribution in [0.15, 0.2) is 42.5 Å². The van der Waals surface area contributed by atoms with Gasteiger partial charge in [0.05, 0.1) is 15.6 Å². The van der Waals surface area contributed by atoms with Crippen LogP contribution < -0.4 is 10.2 Å². The van der Waals surface area contributed by atoms with Gasteiger partial charge in [0.1, 0.15) is 5.69 Å². The smallest absolute Gasteiger partial charge is 0.407 e. The number of nitrogens with zero attached hydrogens (tertiary/aromatic N) is 3. The predicted molar refractivity (Wildman–Crippen MR) is 124 cm³/mol. The number of benzene rings is 2. The van der Waals surface area contributed by atoms with Crippen LogP contribution in [0.4, 0.5) is 16.2 Å². The van der Waals surface area contributed by atoms with Crippen molar-refractivity contribution in [1.82, 2.24) is 9.47 Å². The molecule has 1 aliphatic heterocycles. The second-order valence-electron chi connectivity index (χ2n) is 7.33. The zero-order valence-corrected chi connectivity index (χ0v) is 18.5. The average molecular weight is 461 g/mol. The molecule has 1 fully saturated rings. The molecule has 2 amide bonds. The number of aromatic nitrogens is 1. The summed E-state index contributed by atoms with van der Waals surface area (Å²) in [6.45, 7) is 4.81. The normalized spacial score (nSPS) is 14.2. The number of piperazine rings is 1. The second-order valence-corrected chi connectivity index (χ2v) is 8.11. The molecule has 0 spiro atoms. The number of rotatable bonds is 4. The SMILES string of the molecule is CCn1c(C(=O)Nc2ccc(N3CCN(C(=O)O)CC3)cc2)cc2c(Cl)c(Cl)ccc21. The Morgan fingerprint density at radius 1 is 1.03 bits per heavy atom. The standard InChI is InChI=1S/C22H22Cl2N4O3/c1-2-28-18-8-7-17(23)20(24)16(18)13-19(28)21(29)25-14-3-5-15(6-4-14)26-9-11-27(12-10-26)22(30)31/h3-8,13H,2,9-12H2,1H3,(H,25,29)(H,30,31). The lowest BCUT2D eigenvalue weighted by molar-refractivity contribution is 0.101. The molecule has 0 unspecified atom stereocenters. The molecule has 3 aromatic rings. The largest absolute Gasteiger partial charge is 0.465 e. The van der Waals surface area contributed by atoms with E-state index in [0.717, 1.165) is 16.6 Å². The molecule has 31 heavy (non-hydrogen) atoms. The van der Waals surface area contributed by atoms with Crippen LogP contribution in [0.1, 0.15) is 17.4 Å². The molecule has 4 rings (SSSR count). The molecule has 162 valence electrons. The van der Waals surface area contributed by atoms with E-state index < -0.39 is 6.09 Å². The van der Waals surface area contributed by atoms with Crippen LogP contribution in [-0.4, -0.2) is 52.8 Å². The van der Waals surface area contributed by atoms with Crippen LogP contribution in [0.2, 0.25) is 10.0 Å². The lowest BCUT2D eigenvalue weighted by atomic mass is 10.2. The van der Waals surface area contributed by atoms with E-state index in [1.165, 1.54) is 4.90 Å². The number of carbonyl (C=O) groups is 2. The van der Waals surface area contributed by atoms with Gasteiger partial charge in [-0.2, -0.15) is 0 Å². The van der Waals surface area contributed by atoms with E-state index in [1.807, 2.05) is 41.8 Å². The van der Waals surface area contributed by atoms with Gasteiger partial charge >= 0.3 is 6.09 Å². The highest BCUT2D eigenvalue weighted by Crippen LogP contribution is 2.33. The number of nitrogens with one attached hydrogen (secondary N) is 1. The summed E-state index contributed by atoms with van der Waals surface area (Å²) in [4.78, 5) is 27.6. The highest BCUT2D eigenvalue weighted by Gasteiger charge is 2.21. The first-order valence-electron chi connectivity index (χ1n) is 10.0. The van der Waals surface area contributed by atoms with Crippen molar-refractivity contribution in [2.24, 2.45) is 0 Å². The monoisotopic (exact) mass is 460 g/mol. The number of hydrogen-bond donors (Lipinski definition) is 2. The predicted octanol–water partition coefficient (Wildman–Crippen LogP) is 5.02. The van der Waals surface area contributed by atoms with Gasteiger partial charge < -0.3 is 24.8 Å². The van der Waals surface area contributed by atoms with Crippen molar-refractivity contribution in [3.8, 4) is 0 Å². The summed E-state index contributed by atoms with van der Waals surface area (Å²) in [7, 11) is 0. The molecule has 0 saturated carbocycles. The summed E-state index contributed by atoms with van der Waals surface area (Å²) < 4.78 is 1.91. The van der Waals surface area contributed by atoms with Crippen molar-refractivity contribution < 1.29 is 14.7 Å². The van der Waals surface area contributed by atoms with E-state index in [4.69, 9.17) is 28.3 Å². The maximum atomic E-state index is 13.0. The lowest BCUT2D eigenvalue weighted by Gasteiger charge is -2.34. The fourth-order valence-electron chi connectivity index (χ4n) is 3.91. The van der Waals surface area contributed by atoms with Gasteiger partial charge in [-0.3, -0.25) is 4.79 Å². The zero-order valence-electron chi connectivity index (χ0n) is 16.9. The van der Waals surface area contributed by atoms with Crippen molar-refractivity contribution >= 4 is 57.5 Å². The van der Waals surface area contributed by atoms with Crippen molar-refractivity contribution in [1.29, 1.82) is 0 Å². The number of anilines is 2. The molecule has 1 aliphatic rings. The minimum atomic E-state index is -0.884. The maximum absolute atomic E-state index is 13.0. The molecule has 1 saturated heterocycles. The summed E-state index contributed by atoms with van der Waals surface area (Å²) in [6.07, 6.45) is -0.884. The average Bonchev–Trinajstić information content (AvgIpc) is 3.16. The summed E-state index contributed by atoms with van der Waals surface area (Å²) in [5.74, 6) is -0.229. The third-order valence-corrected chi connectivity index (χ3v) is 6.38. The number of fused-ring (bicyclic) bond motifs is 1. The third kappa shape index (κ3) is 4.16. The third-order valence-electron chi connectivity index (χ3n) is 5.56. The summed E-state index contributed by atoms with van der Waals surface area (Å²) in [6, 6.07) is 12.9. The van der Waals surface area contributed by atoms with Gasteiger partial charge in [-0.05, 0) is 49.4 Å². The van der Waals surface area contributed by atoms with Crippen LogP contribution in [0, 0.1) is 0 Å². The van der Waals surface area contributed by atoms with E-state index in [9.17, 15) is 9.59 Å². The first-order valence-corrected chi connectivity index (χ1v) is 10.8. The summed E-state index contributed by atoms with van der Waals surface area (Å²) in [5.41, 5.74) is 3.04. The Hall–Kier alpha value is -2.90. The highest BCUT2D eigenvalue weighted by molar-refractivity contribution is 6.45. The maximum Gasteiger partial charge on any atom is 0.407 e. The van der Waals surface area contributed by atoms with Crippen molar-refractivity contribution in [2.75, 3.05) is 36.4 Å². The number of hydrogen-bond acceptors (Lipinski definition) is 3. The van der Waals surface area contributed by atoms with Crippen LogP contribution in [0.5, 0.6) is 0 Å². The lowest BCUT2D eigenvalue weighted by Crippen LogP contribution is -2.48. The number of halogens is 2. The van der Waals surface area contributed by atoms with Gasteiger partial charge in [0.25, 0.3) is 5.91 Å². The Labute approximate surface area is 189 Å². The Balaban J connectivity index is 1.49. The van der Waals surface area contributed by atoms with Gasteiger partial charge in [0.15, 0.2) is 0 Å². The Morgan fingerprint density at radius 2 is 1.71 bits per heavy atom. The first kappa shape index (κ1) is 21.3. The van der Waals surface area contributed by atoms with Crippen LogP contribution in [0.25, 0.3) is 10.9 Å². The highest BCUT2D eigenvalue weighted by atomic mass is 35.5. The van der Waals surface area contributed by atoms with E-state index in [2.05, 4.69) is 10.2 Å². The van der Waals surface area contributed by atoms with E-state index in [0.29, 0.717) is 54.2 Å². The number of amides is 2. The fourth-order valence-corrected chi connectivity index (χ4v) is 4.29. The molecular weight excluding hydrogens is 439 g/mol. The second kappa shape index (κ2) is 8.69. The molecule has 9 heteroatoms. The van der Waals surface area contributed by atoms with Gasteiger partial charge in [-0.15, -0.1) is 0 Å². The van der Waals surface area contributed by atoms with Gasteiger partial charge in [0, 0.05) is 49.5 Å². The molecule has 0 bridgehead atoms. The minimum absolute atomic E-state index is 0.229. The molecule has 0 atom stereocenters. The molecule has 7 nitrogen and oxygen atoms in total. The van der Waals surface area contributed by atoms with Crippen LogP contribution in [-0.2, 0) is 6.54 Å². The number of carboxylic acid groups (broad SMARTS) is 1. The molecular formula is C22H22Cl2N4O3. The fraction of sp³-hybridized carbons (Fsp3) is 0.273.